The summed E-state index contributed by atoms with van der Waals surface area (Å²) in [5.41, 5.74) is 0.391. The second-order valence-corrected chi connectivity index (χ2v) is 7.26. The molecule has 0 bridgehead atoms. The van der Waals surface area contributed by atoms with Crippen LogP contribution in [-0.4, -0.2) is 31.4 Å². The van der Waals surface area contributed by atoms with Gasteiger partial charge in [-0.15, -0.1) is 21.5 Å². The van der Waals surface area contributed by atoms with Crippen LogP contribution in [0.5, 0.6) is 0 Å². The summed E-state index contributed by atoms with van der Waals surface area (Å²) in [6.07, 6.45) is 1.63. The van der Waals surface area contributed by atoms with Gasteiger partial charge >= 0.3 is 0 Å². The number of thiazole rings is 1. The van der Waals surface area contributed by atoms with Crippen LogP contribution in [0.1, 0.15) is 19.9 Å². The molecule has 0 radical (unpaired) electrons. The zero-order valence-corrected chi connectivity index (χ0v) is 15.3. The smallest absolute Gasteiger partial charge is 0.236 e. The Labute approximate surface area is 152 Å². The Morgan fingerprint density at radius 1 is 1.36 bits per heavy atom. The number of thioether (sulfide) groups is 1. The van der Waals surface area contributed by atoms with E-state index < -0.39 is 0 Å². The predicted molar refractivity (Wildman–Crippen MR) is 97.3 cm³/mol. The molecule has 130 valence electrons. The molecule has 0 unspecified atom stereocenters. The lowest BCUT2D eigenvalue weighted by atomic mass is 10.2. The summed E-state index contributed by atoms with van der Waals surface area (Å²) in [5, 5.41) is 13.9. The zero-order chi connectivity index (χ0) is 17.8. The molecule has 9 heteroatoms. The number of carbonyl (C=O) groups excluding carboxylic acids is 1. The van der Waals surface area contributed by atoms with E-state index >= 15 is 0 Å². The number of halogens is 1. The molecule has 2 heterocycles. The number of nitrogens with zero attached hydrogens (tertiary/aromatic N) is 4. The molecule has 0 aliphatic rings. The molecule has 2 aromatic heterocycles. The van der Waals surface area contributed by atoms with Crippen LogP contribution in [0.25, 0.3) is 11.4 Å². The van der Waals surface area contributed by atoms with E-state index in [1.165, 1.54) is 29.2 Å². The second-order valence-electron chi connectivity index (χ2n) is 5.42. The molecule has 0 saturated carbocycles. The van der Waals surface area contributed by atoms with E-state index in [9.17, 15) is 9.18 Å². The summed E-state index contributed by atoms with van der Waals surface area (Å²) in [5.74, 6) is 0.0957. The molecule has 25 heavy (non-hydrogen) atoms. The van der Waals surface area contributed by atoms with E-state index in [1.54, 1.807) is 29.8 Å². The van der Waals surface area contributed by atoms with Gasteiger partial charge in [-0.25, -0.2) is 9.37 Å². The van der Waals surface area contributed by atoms with E-state index in [0.717, 1.165) is 0 Å². The maximum atomic E-state index is 14.1. The fourth-order valence-corrected chi connectivity index (χ4v) is 3.65. The van der Waals surface area contributed by atoms with Crippen molar-refractivity contribution in [3.8, 4) is 11.4 Å². The van der Waals surface area contributed by atoms with E-state index in [0.29, 0.717) is 21.7 Å². The normalized spacial score (nSPS) is 11.0. The Morgan fingerprint density at radius 3 is 2.84 bits per heavy atom. The van der Waals surface area contributed by atoms with Crippen LogP contribution in [0, 0.1) is 5.82 Å². The van der Waals surface area contributed by atoms with Crippen LogP contribution >= 0.6 is 23.1 Å². The fourth-order valence-electron chi connectivity index (χ4n) is 2.24. The van der Waals surface area contributed by atoms with E-state index in [1.807, 2.05) is 18.4 Å². The first-order valence-electron chi connectivity index (χ1n) is 7.58. The number of anilines is 1. The lowest BCUT2D eigenvalue weighted by molar-refractivity contribution is -0.113. The molecule has 0 spiro atoms. The average Bonchev–Trinajstić information content (AvgIpc) is 3.22. The number of aromatic nitrogens is 4. The Bertz CT molecular complexity index is 863. The predicted octanol–water partition coefficient (Wildman–Crippen LogP) is 3.85. The van der Waals surface area contributed by atoms with E-state index in [2.05, 4.69) is 20.5 Å². The Morgan fingerprint density at radius 2 is 2.16 bits per heavy atom. The molecule has 1 N–H and O–H groups in total. The van der Waals surface area contributed by atoms with Gasteiger partial charge in [-0.05, 0) is 26.0 Å². The number of carbonyl (C=O) groups is 1. The minimum Gasteiger partial charge on any atom is -0.301 e. The molecule has 3 rings (SSSR count). The maximum absolute atomic E-state index is 14.1. The second kappa shape index (κ2) is 7.75. The van der Waals surface area contributed by atoms with Crippen molar-refractivity contribution in [2.24, 2.45) is 0 Å². The van der Waals surface area contributed by atoms with Crippen LogP contribution in [0.3, 0.4) is 0 Å². The van der Waals surface area contributed by atoms with Crippen molar-refractivity contribution >= 4 is 34.1 Å². The molecule has 1 aromatic carbocycles. The van der Waals surface area contributed by atoms with Crippen LogP contribution in [0.2, 0.25) is 0 Å². The van der Waals surface area contributed by atoms with Crippen molar-refractivity contribution in [1.29, 1.82) is 0 Å². The summed E-state index contributed by atoms with van der Waals surface area (Å²) in [4.78, 5) is 16.0. The SMILES string of the molecule is CC(C)n1c(SCC(=O)Nc2nccs2)nnc1-c1ccccc1F. The van der Waals surface area contributed by atoms with Gasteiger partial charge in [0.2, 0.25) is 5.91 Å². The minimum absolute atomic E-state index is 0.0223. The molecule has 3 aromatic rings. The van der Waals surface area contributed by atoms with Gasteiger partial charge in [-0.1, -0.05) is 23.9 Å². The minimum atomic E-state index is -0.352. The van der Waals surface area contributed by atoms with Gasteiger partial charge in [-0.3, -0.25) is 9.36 Å². The highest BCUT2D eigenvalue weighted by molar-refractivity contribution is 7.99. The highest BCUT2D eigenvalue weighted by Gasteiger charge is 2.19. The Balaban J connectivity index is 1.78. The quantitative estimate of drug-likeness (QED) is 0.661. The first kappa shape index (κ1) is 17.6. The maximum Gasteiger partial charge on any atom is 0.236 e. The summed E-state index contributed by atoms with van der Waals surface area (Å²) in [7, 11) is 0. The largest absolute Gasteiger partial charge is 0.301 e. The molecule has 0 aliphatic heterocycles. The highest BCUT2D eigenvalue weighted by Crippen LogP contribution is 2.29. The van der Waals surface area contributed by atoms with Crippen molar-refractivity contribution in [3.63, 3.8) is 0 Å². The lowest BCUT2D eigenvalue weighted by Crippen LogP contribution is -2.14. The number of hydrogen-bond acceptors (Lipinski definition) is 6. The van der Waals surface area contributed by atoms with Crippen molar-refractivity contribution in [1.82, 2.24) is 19.7 Å². The van der Waals surface area contributed by atoms with Crippen molar-refractivity contribution in [3.05, 3.63) is 41.7 Å². The van der Waals surface area contributed by atoms with Gasteiger partial charge in [0, 0.05) is 17.6 Å². The standard InChI is InChI=1S/C16H16FN5OS2/c1-10(2)22-14(11-5-3-4-6-12(11)17)20-21-16(22)25-9-13(23)19-15-18-7-8-24-15/h3-8,10H,9H2,1-2H3,(H,18,19,23). The molecule has 0 fully saturated rings. The highest BCUT2D eigenvalue weighted by atomic mass is 32.2. The van der Waals surface area contributed by atoms with Crippen LogP contribution in [0.15, 0.2) is 41.0 Å². The third-order valence-electron chi connectivity index (χ3n) is 3.31. The van der Waals surface area contributed by atoms with Crippen molar-refractivity contribution < 1.29 is 9.18 Å². The van der Waals surface area contributed by atoms with Gasteiger partial charge in [0.05, 0.1) is 11.3 Å². The first-order chi connectivity index (χ1) is 12.1. The van der Waals surface area contributed by atoms with E-state index in [4.69, 9.17) is 0 Å². The topological polar surface area (TPSA) is 72.7 Å². The monoisotopic (exact) mass is 377 g/mol. The van der Waals surface area contributed by atoms with Gasteiger partial charge in [0.15, 0.2) is 16.1 Å². The molecule has 0 saturated heterocycles. The number of hydrogen-bond donors (Lipinski definition) is 1. The van der Waals surface area contributed by atoms with Crippen LogP contribution in [-0.2, 0) is 4.79 Å². The summed E-state index contributed by atoms with van der Waals surface area (Å²) < 4.78 is 15.9. The molecular weight excluding hydrogens is 361 g/mol. The van der Waals surface area contributed by atoms with Crippen LogP contribution in [0.4, 0.5) is 9.52 Å². The molecule has 6 nitrogen and oxygen atoms in total. The Kier molecular flexibility index (Phi) is 5.44. The summed E-state index contributed by atoms with van der Waals surface area (Å²) >= 11 is 2.62. The third-order valence-corrected chi connectivity index (χ3v) is 4.94. The van der Waals surface area contributed by atoms with Crippen molar-refractivity contribution in [2.75, 3.05) is 11.1 Å². The molecule has 1 amide bonds. The van der Waals surface area contributed by atoms with Gasteiger partial charge < -0.3 is 5.32 Å². The number of nitrogens with one attached hydrogen (secondary N) is 1. The van der Waals surface area contributed by atoms with Crippen molar-refractivity contribution in [2.45, 2.75) is 25.0 Å². The van der Waals surface area contributed by atoms with Gasteiger partial charge in [0.25, 0.3) is 0 Å². The lowest BCUT2D eigenvalue weighted by Gasteiger charge is -2.14. The van der Waals surface area contributed by atoms with Gasteiger partial charge in [-0.2, -0.15) is 0 Å². The number of amides is 1. The zero-order valence-electron chi connectivity index (χ0n) is 13.6. The van der Waals surface area contributed by atoms with E-state index in [-0.39, 0.29) is 23.5 Å². The Hall–Kier alpha value is -2.26. The van der Waals surface area contributed by atoms with Gasteiger partial charge in [0.1, 0.15) is 5.82 Å². The first-order valence-corrected chi connectivity index (χ1v) is 9.44. The van der Waals surface area contributed by atoms with Crippen LogP contribution < -0.4 is 5.32 Å². The third kappa shape index (κ3) is 4.05. The molecule has 0 atom stereocenters. The number of benzene rings is 1. The molecular formula is C16H16FN5OS2. The molecule has 0 aliphatic carbocycles. The number of rotatable bonds is 6. The summed E-state index contributed by atoms with van der Waals surface area (Å²) in [6.45, 7) is 3.93. The summed E-state index contributed by atoms with van der Waals surface area (Å²) in [6, 6.07) is 6.47. The fraction of sp³-hybridized carbons (Fsp3) is 0.250. The average molecular weight is 377 g/mol.